The maximum Gasteiger partial charge on any atom is 0.120 e. The Bertz CT molecular complexity index is 21.6. The summed E-state index contributed by atoms with van der Waals surface area (Å²) in [5.74, 6) is 0. The molecule has 0 saturated carbocycles. The predicted octanol–water partition coefficient (Wildman–Crippen LogP) is 0.749. The molecule has 0 aromatic heterocycles. The molecule has 0 aliphatic heterocycles. The number of alkyl halides is 2. The SMILES string of the molecule is NCC(Cl)Cl. The lowest BCUT2D eigenvalue weighted by Gasteiger charge is -1.85. The van der Waals surface area contributed by atoms with Crippen molar-refractivity contribution >= 4 is 23.2 Å². The number of rotatable bonds is 1. The van der Waals surface area contributed by atoms with Crippen molar-refractivity contribution in [3.63, 3.8) is 0 Å². The lowest BCUT2D eigenvalue weighted by atomic mass is 10.8. The van der Waals surface area contributed by atoms with Crippen molar-refractivity contribution < 1.29 is 0 Å². The van der Waals surface area contributed by atoms with Gasteiger partial charge in [-0.25, -0.2) is 0 Å². The van der Waals surface area contributed by atoms with Gasteiger partial charge in [0.15, 0.2) is 0 Å². The third-order valence-electron chi connectivity index (χ3n) is 0.178. The van der Waals surface area contributed by atoms with Gasteiger partial charge in [-0.05, 0) is 0 Å². The Labute approximate surface area is 41.1 Å². The van der Waals surface area contributed by atoms with Crippen LogP contribution < -0.4 is 5.73 Å². The van der Waals surface area contributed by atoms with Crippen LogP contribution in [-0.2, 0) is 0 Å². The van der Waals surface area contributed by atoms with E-state index in [1.54, 1.807) is 0 Å². The molecule has 0 aliphatic rings. The van der Waals surface area contributed by atoms with Crippen molar-refractivity contribution in [1.29, 1.82) is 0 Å². The molecule has 0 bridgehead atoms. The van der Waals surface area contributed by atoms with Crippen LogP contribution in [-0.4, -0.2) is 11.4 Å². The van der Waals surface area contributed by atoms with E-state index in [9.17, 15) is 0 Å². The zero-order valence-corrected chi connectivity index (χ0v) is 4.13. The van der Waals surface area contributed by atoms with Crippen LogP contribution in [0.3, 0.4) is 0 Å². The van der Waals surface area contributed by atoms with Gasteiger partial charge >= 0.3 is 0 Å². The molecule has 0 spiro atoms. The van der Waals surface area contributed by atoms with E-state index < -0.39 is 4.84 Å². The van der Waals surface area contributed by atoms with E-state index in [1.807, 2.05) is 0 Å². The maximum atomic E-state index is 5.10. The lowest BCUT2D eigenvalue weighted by molar-refractivity contribution is 1.09. The third-order valence-corrected chi connectivity index (χ3v) is 0.535. The minimum absolute atomic E-state index is 0.336. The van der Waals surface area contributed by atoms with Crippen molar-refractivity contribution in [2.24, 2.45) is 5.73 Å². The summed E-state index contributed by atoms with van der Waals surface area (Å²) < 4.78 is 0. The summed E-state index contributed by atoms with van der Waals surface area (Å²) in [4.78, 5) is -0.394. The largest absolute Gasteiger partial charge is 0.328 e. The molecule has 3 heteroatoms. The minimum atomic E-state index is -0.394. The Morgan fingerprint density at radius 2 is 1.80 bits per heavy atom. The quantitative estimate of drug-likeness (QED) is 0.500. The second-order valence-electron chi connectivity index (χ2n) is 0.627. The highest BCUT2D eigenvalue weighted by atomic mass is 35.5. The average molecular weight is 114 g/mol. The zero-order chi connectivity index (χ0) is 4.28. The summed E-state index contributed by atoms with van der Waals surface area (Å²) >= 11 is 10.2. The number of nitrogens with two attached hydrogens (primary N) is 1. The molecule has 0 aliphatic carbocycles. The van der Waals surface area contributed by atoms with Crippen LogP contribution >= 0.6 is 23.2 Å². The van der Waals surface area contributed by atoms with Gasteiger partial charge in [-0.3, -0.25) is 0 Å². The van der Waals surface area contributed by atoms with Crippen molar-refractivity contribution in [2.45, 2.75) is 4.84 Å². The van der Waals surface area contributed by atoms with Gasteiger partial charge in [0.05, 0.1) is 0 Å². The van der Waals surface area contributed by atoms with Crippen LogP contribution in [0.5, 0.6) is 0 Å². The number of halogens is 2. The Balaban J connectivity index is 2.54. The smallest absolute Gasteiger partial charge is 0.120 e. The van der Waals surface area contributed by atoms with Crippen molar-refractivity contribution in [1.82, 2.24) is 0 Å². The van der Waals surface area contributed by atoms with Gasteiger partial charge in [-0.2, -0.15) is 0 Å². The fraction of sp³-hybridized carbons (Fsp3) is 1.00. The van der Waals surface area contributed by atoms with E-state index in [-0.39, 0.29) is 0 Å². The van der Waals surface area contributed by atoms with Crippen LogP contribution in [0.15, 0.2) is 0 Å². The van der Waals surface area contributed by atoms with E-state index in [0.717, 1.165) is 0 Å². The summed E-state index contributed by atoms with van der Waals surface area (Å²) in [5, 5.41) is 0. The van der Waals surface area contributed by atoms with Crippen molar-refractivity contribution in [3.8, 4) is 0 Å². The zero-order valence-electron chi connectivity index (χ0n) is 2.62. The summed E-state index contributed by atoms with van der Waals surface area (Å²) in [5.41, 5.74) is 4.91. The molecule has 0 saturated heterocycles. The first-order valence-corrected chi connectivity index (χ1v) is 2.13. The Kier molecular flexibility index (Phi) is 3.06. The van der Waals surface area contributed by atoms with E-state index in [4.69, 9.17) is 28.9 Å². The molecule has 0 unspecified atom stereocenters. The topological polar surface area (TPSA) is 26.0 Å². The molecule has 32 valence electrons. The van der Waals surface area contributed by atoms with E-state index in [0.29, 0.717) is 6.54 Å². The Morgan fingerprint density at radius 3 is 1.80 bits per heavy atom. The normalized spacial score (nSPS) is 9.60. The molecule has 0 atom stereocenters. The molecule has 2 N–H and O–H groups in total. The van der Waals surface area contributed by atoms with Crippen LogP contribution in [0, 0.1) is 0 Å². The Hall–Kier alpha value is 0.540. The van der Waals surface area contributed by atoms with E-state index >= 15 is 0 Å². The molecule has 0 aromatic rings. The van der Waals surface area contributed by atoms with Crippen LogP contribution in [0.2, 0.25) is 0 Å². The summed E-state index contributed by atoms with van der Waals surface area (Å²) in [7, 11) is 0. The molecule has 0 radical (unpaired) electrons. The summed E-state index contributed by atoms with van der Waals surface area (Å²) in [6.45, 7) is 0.336. The highest BCUT2D eigenvalue weighted by Gasteiger charge is 1.86. The van der Waals surface area contributed by atoms with Crippen LogP contribution in [0.1, 0.15) is 0 Å². The number of hydrogen-bond donors (Lipinski definition) is 1. The molecule has 0 amide bonds. The van der Waals surface area contributed by atoms with Crippen LogP contribution in [0.25, 0.3) is 0 Å². The average Bonchev–Trinajstić information content (AvgIpc) is 1.38. The first-order chi connectivity index (χ1) is 2.27. The first-order valence-electron chi connectivity index (χ1n) is 1.25. The van der Waals surface area contributed by atoms with Gasteiger partial charge < -0.3 is 5.73 Å². The van der Waals surface area contributed by atoms with E-state index in [2.05, 4.69) is 0 Å². The lowest BCUT2D eigenvalue weighted by Crippen LogP contribution is -2.06. The summed E-state index contributed by atoms with van der Waals surface area (Å²) in [6, 6.07) is 0. The maximum absolute atomic E-state index is 5.10. The van der Waals surface area contributed by atoms with Gasteiger partial charge in [0, 0.05) is 6.54 Å². The first kappa shape index (κ1) is 5.54. The van der Waals surface area contributed by atoms with Gasteiger partial charge in [-0.1, -0.05) is 0 Å². The highest BCUT2D eigenvalue weighted by Crippen LogP contribution is 1.94. The molecular weight excluding hydrogens is 109 g/mol. The van der Waals surface area contributed by atoms with Gasteiger partial charge in [0.1, 0.15) is 4.84 Å². The van der Waals surface area contributed by atoms with Gasteiger partial charge in [-0.15, -0.1) is 23.2 Å². The van der Waals surface area contributed by atoms with Crippen molar-refractivity contribution in [3.05, 3.63) is 0 Å². The minimum Gasteiger partial charge on any atom is -0.328 e. The second-order valence-corrected chi connectivity index (χ2v) is 1.90. The molecule has 0 aromatic carbocycles. The van der Waals surface area contributed by atoms with Crippen LogP contribution in [0.4, 0.5) is 0 Å². The fourth-order valence-corrected chi connectivity index (χ4v) is 0. The molecule has 0 heterocycles. The third kappa shape index (κ3) is 4.54. The highest BCUT2D eigenvalue weighted by molar-refractivity contribution is 6.44. The second kappa shape index (κ2) is 2.76. The molecular formula is C2H5Cl2N. The summed E-state index contributed by atoms with van der Waals surface area (Å²) in [6.07, 6.45) is 0. The molecule has 0 rings (SSSR count). The fourth-order valence-electron chi connectivity index (χ4n) is 0. The molecule has 0 fully saturated rings. The van der Waals surface area contributed by atoms with Gasteiger partial charge in [0.25, 0.3) is 0 Å². The standard InChI is InChI=1S/C2H5Cl2N/c3-2(4)1-5/h2H,1,5H2. The monoisotopic (exact) mass is 113 g/mol. The predicted molar refractivity (Wildman–Crippen MR) is 24.5 cm³/mol. The molecule has 5 heavy (non-hydrogen) atoms. The van der Waals surface area contributed by atoms with Crippen molar-refractivity contribution in [2.75, 3.05) is 6.54 Å². The number of hydrogen-bond acceptors (Lipinski definition) is 1. The Morgan fingerprint density at radius 1 is 1.60 bits per heavy atom. The van der Waals surface area contributed by atoms with Gasteiger partial charge in [0.2, 0.25) is 0 Å². The molecule has 1 nitrogen and oxygen atoms in total. The van der Waals surface area contributed by atoms with E-state index in [1.165, 1.54) is 0 Å².